The molecular formula is C26H24Cl3PZn. The van der Waals surface area contributed by atoms with Crippen molar-refractivity contribution >= 4 is 52.2 Å². The molecule has 0 aliphatic carbocycles. The molecule has 31 heavy (non-hydrogen) atoms. The van der Waals surface area contributed by atoms with Crippen LogP contribution in [0.15, 0.2) is 115 Å². The molecule has 4 aromatic carbocycles. The van der Waals surface area contributed by atoms with Crippen LogP contribution in [-0.4, -0.2) is 0 Å². The molecule has 0 saturated carbocycles. The zero-order valence-corrected chi connectivity index (χ0v) is 23.6. The maximum atomic E-state index is 5.01. The van der Waals surface area contributed by atoms with Crippen LogP contribution in [0.2, 0.25) is 0 Å². The van der Waals surface area contributed by atoms with Gasteiger partial charge in [0.05, 0.1) is 6.16 Å². The Morgan fingerprint density at radius 1 is 0.548 bits per heavy atom. The number of hydrogen-bond acceptors (Lipinski definition) is 0. The van der Waals surface area contributed by atoms with Crippen LogP contribution in [0.1, 0.15) is 11.1 Å². The minimum atomic E-state index is -2.21. The van der Waals surface area contributed by atoms with E-state index in [1.54, 1.807) is 0 Å². The average molecular weight is 539 g/mol. The van der Waals surface area contributed by atoms with E-state index < -0.39 is 20.2 Å². The summed E-state index contributed by atoms with van der Waals surface area (Å²) in [4.78, 5) is 0. The molecule has 0 nitrogen and oxygen atoms in total. The summed E-state index contributed by atoms with van der Waals surface area (Å²) < 4.78 is 0. The molecule has 0 radical (unpaired) electrons. The van der Waals surface area contributed by atoms with Gasteiger partial charge in [-0.1, -0.05) is 84.4 Å². The van der Waals surface area contributed by atoms with Crippen LogP contribution >= 0.6 is 36.3 Å². The third kappa shape index (κ3) is 6.65. The first kappa shape index (κ1) is 24.4. The fraction of sp³-hybridized carbons (Fsp3) is 0.0769. The van der Waals surface area contributed by atoms with Crippen molar-refractivity contribution in [3.63, 3.8) is 0 Å². The van der Waals surface area contributed by atoms with Gasteiger partial charge in [0.25, 0.3) is 0 Å². The van der Waals surface area contributed by atoms with Crippen LogP contribution in [0.4, 0.5) is 0 Å². The third-order valence-corrected chi connectivity index (χ3v) is 9.51. The van der Waals surface area contributed by atoms with Crippen molar-refractivity contribution in [1.82, 2.24) is 0 Å². The quantitative estimate of drug-likeness (QED) is 0.182. The third-order valence-electron chi connectivity index (χ3n) is 5.13. The standard InChI is InChI=1S/C26H24P.3ClH.Zn/c1-22-17-19-23(20-18-22)21-27(24-11-5-2-6-12-24,25-13-7-3-8-14-25)26-15-9-4-10-16-26;;;;/h2-20H,21H2,1H3;3*1H;/q+1;;;;+2/p-3. The van der Waals surface area contributed by atoms with E-state index in [1.165, 1.54) is 27.0 Å². The fourth-order valence-electron chi connectivity index (χ4n) is 3.74. The molecule has 0 atom stereocenters. The molecule has 0 spiro atoms. The van der Waals surface area contributed by atoms with Crippen LogP contribution in [0, 0.1) is 6.92 Å². The summed E-state index contributed by atoms with van der Waals surface area (Å²) in [7, 11) is 13.3. The Bertz CT molecular complexity index is 941. The van der Waals surface area contributed by atoms with E-state index in [2.05, 4.69) is 122 Å². The van der Waals surface area contributed by atoms with Crippen molar-refractivity contribution in [2.24, 2.45) is 0 Å². The van der Waals surface area contributed by atoms with Gasteiger partial charge in [-0.15, -0.1) is 0 Å². The van der Waals surface area contributed by atoms with E-state index in [-0.39, 0.29) is 0 Å². The van der Waals surface area contributed by atoms with Crippen molar-refractivity contribution in [2.45, 2.75) is 13.1 Å². The molecule has 0 heterocycles. The van der Waals surface area contributed by atoms with Gasteiger partial charge in [0.2, 0.25) is 0 Å². The molecular weight excluding hydrogens is 515 g/mol. The Morgan fingerprint density at radius 2 is 0.871 bits per heavy atom. The zero-order chi connectivity index (χ0) is 22.1. The summed E-state index contributed by atoms with van der Waals surface area (Å²) in [6, 6.07) is 42.2. The molecule has 0 amide bonds. The number of aryl methyl sites for hydroxylation is 1. The van der Waals surface area contributed by atoms with Crippen molar-refractivity contribution in [3.05, 3.63) is 126 Å². The molecule has 0 aliphatic rings. The number of rotatable bonds is 5. The normalized spacial score (nSPS) is 10.7. The second-order valence-electron chi connectivity index (χ2n) is 7.26. The molecule has 156 valence electrons. The van der Waals surface area contributed by atoms with Gasteiger partial charge in [-0.3, -0.25) is 0 Å². The number of benzene rings is 4. The first-order chi connectivity index (χ1) is 15.0. The summed E-state index contributed by atoms with van der Waals surface area (Å²) in [6.07, 6.45) is 1.03. The van der Waals surface area contributed by atoms with Crippen LogP contribution in [0.25, 0.3) is 0 Å². The SMILES string of the molecule is Cc1ccc(C[P+](c2ccccc2)(c2ccccc2)c2ccccc2)cc1.[Cl][Zn-]([Cl])[Cl]. The van der Waals surface area contributed by atoms with E-state index in [1.807, 2.05) is 0 Å². The Hall–Kier alpha value is -1.20. The molecule has 0 fully saturated rings. The van der Waals surface area contributed by atoms with E-state index in [9.17, 15) is 0 Å². The summed E-state index contributed by atoms with van der Waals surface area (Å²) in [6.45, 7) is 2.15. The molecule has 5 heteroatoms. The minimum absolute atomic E-state index is 1.03. The Balaban J connectivity index is 0.000000628. The molecule has 0 aromatic heterocycles. The first-order valence-electron chi connectivity index (χ1n) is 10.2. The molecule has 0 bridgehead atoms. The molecule has 0 saturated heterocycles. The van der Waals surface area contributed by atoms with Crippen LogP contribution in [0.5, 0.6) is 0 Å². The van der Waals surface area contributed by atoms with Crippen LogP contribution < -0.4 is 15.9 Å². The first-order valence-corrected chi connectivity index (χ1v) is 23.9. The van der Waals surface area contributed by atoms with Gasteiger partial charge in [0, 0.05) is 0 Å². The summed E-state index contributed by atoms with van der Waals surface area (Å²) in [5, 5.41) is 4.30. The summed E-state index contributed by atoms with van der Waals surface area (Å²) in [5.41, 5.74) is 2.70. The maximum absolute atomic E-state index is 5.01. The van der Waals surface area contributed by atoms with Gasteiger partial charge in [-0.05, 0) is 48.9 Å². The average Bonchev–Trinajstić information content (AvgIpc) is 2.80. The van der Waals surface area contributed by atoms with Gasteiger partial charge in [-0.2, -0.15) is 0 Å². The van der Waals surface area contributed by atoms with E-state index in [4.69, 9.17) is 29.1 Å². The Labute approximate surface area is 203 Å². The van der Waals surface area contributed by atoms with E-state index in [0.717, 1.165) is 6.16 Å². The van der Waals surface area contributed by atoms with E-state index >= 15 is 0 Å². The predicted octanol–water partition coefficient (Wildman–Crippen LogP) is 7.56. The monoisotopic (exact) mass is 536 g/mol. The van der Waals surface area contributed by atoms with Gasteiger partial charge in [0.1, 0.15) is 23.2 Å². The van der Waals surface area contributed by atoms with Gasteiger partial charge in [-0.25, -0.2) is 0 Å². The number of halogens is 3. The van der Waals surface area contributed by atoms with Gasteiger partial charge < -0.3 is 0 Å². The molecule has 4 aromatic rings. The Morgan fingerprint density at radius 3 is 1.19 bits per heavy atom. The molecule has 0 N–H and O–H groups in total. The van der Waals surface area contributed by atoms with Crippen LogP contribution in [0.3, 0.4) is 0 Å². The second kappa shape index (κ2) is 12.2. The molecule has 0 unspecified atom stereocenters. The predicted molar refractivity (Wildman–Crippen MR) is 138 cm³/mol. The zero-order valence-electron chi connectivity index (χ0n) is 17.5. The van der Waals surface area contributed by atoms with Gasteiger partial charge in [0.15, 0.2) is 0 Å². The van der Waals surface area contributed by atoms with E-state index in [0.29, 0.717) is 0 Å². The Kier molecular flexibility index (Phi) is 9.58. The van der Waals surface area contributed by atoms with Crippen LogP contribution in [-0.2, 0) is 19.1 Å². The number of hydrogen-bond donors (Lipinski definition) is 0. The topological polar surface area (TPSA) is 0 Å². The van der Waals surface area contributed by atoms with Crippen molar-refractivity contribution in [1.29, 1.82) is 0 Å². The second-order valence-corrected chi connectivity index (χ2v) is 24.6. The van der Waals surface area contributed by atoms with Crippen molar-refractivity contribution < 1.29 is 13.0 Å². The van der Waals surface area contributed by atoms with Crippen molar-refractivity contribution in [3.8, 4) is 0 Å². The van der Waals surface area contributed by atoms with Gasteiger partial charge >= 0.3 is 42.1 Å². The molecule has 0 aliphatic heterocycles. The summed E-state index contributed by atoms with van der Waals surface area (Å²) in [5.74, 6) is 0. The van der Waals surface area contributed by atoms with Crippen molar-refractivity contribution in [2.75, 3.05) is 0 Å². The molecule has 4 rings (SSSR count). The fourth-order valence-corrected chi connectivity index (χ4v) is 7.98. The summed E-state index contributed by atoms with van der Waals surface area (Å²) >= 11 is -2.21.